The normalized spacial score (nSPS) is 11.1. The standard InChI is InChI=1S/C18H26/c1-5-9-15(4)10-8-11-18-13-12-16(6-2)14-17(18)7-3/h5,9,12-14H,4,6-8,10-11H2,1-3H3/b9-5-. The first-order valence-electron chi connectivity index (χ1n) is 7.12. The highest BCUT2D eigenvalue weighted by molar-refractivity contribution is 5.32. The lowest BCUT2D eigenvalue weighted by Crippen LogP contribution is -1.95. The maximum absolute atomic E-state index is 4.06. The molecule has 0 amide bonds. The van der Waals surface area contributed by atoms with Crippen LogP contribution in [-0.4, -0.2) is 0 Å². The average Bonchev–Trinajstić information content (AvgIpc) is 2.39. The van der Waals surface area contributed by atoms with Crippen LogP contribution >= 0.6 is 0 Å². The molecule has 0 heterocycles. The van der Waals surface area contributed by atoms with Crippen LogP contribution in [0.15, 0.2) is 42.5 Å². The molecule has 0 aliphatic carbocycles. The molecule has 0 saturated heterocycles. The number of allylic oxidation sites excluding steroid dienone is 3. The highest BCUT2D eigenvalue weighted by Gasteiger charge is 2.02. The number of benzene rings is 1. The van der Waals surface area contributed by atoms with E-state index in [9.17, 15) is 0 Å². The lowest BCUT2D eigenvalue weighted by Gasteiger charge is -2.10. The Hall–Kier alpha value is -1.30. The quantitative estimate of drug-likeness (QED) is 0.572. The van der Waals surface area contributed by atoms with Gasteiger partial charge in [-0.3, -0.25) is 0 Å². The first-order chi connectivity index (χ1) is 8.71. The zero-order valence-electron chi connectivity index (χ0n) is 12.1. The Balaban J connectivity index is 2.59. The molecule has 0 radical (unpaired) electrons. The summed E-state index contributed by atoms with van der Waals surface area (Å²) in [6.07, 6.45) is 9.91. The van der Waals surface area contributed by atoms with Crippen molar-refractivity contribution in [1.29, 1.82) is 0 Å². The highest BCUT2D eigenvalue weighted by atomic mass is 14.1. The summed E-state index contributed by atoms with van der Waals surface area (Å²) in [5, 5.41) is 0. The van der Waals surface area contributed by atoms with Gasteiger partial charge in [-0.15, -0.1) is 0 Å². The van der Waals surface area contributed by atoms with Crippen molar-refractivity contribution in [2.24, 2.45) is 0 Å². The molecule has 0 fully saturated rings. The third-order valence-electron chi connectivity index (χ3n) is 3.41. The molecule has 0 aromatic heterocycles. The summed E-state index contributed by atoms with van der Waals surface area (Å²) in [4.78, 5) is 0. The van der Waals surface area contributed by atoms with Crippen LogP contribution in [0.5, 0.6) is 0 Å². The molecule has 1 rings (SSSR count). The first kappa shape index (κ1) is 14.8. The largest absolute Gasteiger partial charge is 0.0958 e. The molecule has 0 N–H and O–H groups in total. The van der Waals surface area contributed by atoms with Crippen molar-refractivity contribution in [2.45, 2.75) is 52.9 Å². The third-order valence-corrected chi connectivity index (χ3v) is 3.41. The molecule has 0 bridgehead atoms. The molecule has 0 nitrogen and oxygen atoms in total. The molecule has 0 heteroatoms. The van der Waals surface area contributed by atoms with Crippen molar-refractivity contribution < 1.29 is 0 Å². The molecule has 0 atom stereocenters. The van der Waals surface area contributed by atoms with Gasteiger partial charge in [0.05, 0.1) is 0 Å². The third kappa shape index (κ3) is 4.52. The molecule has 18 heavy (non-hydrogen) atoms. The van der Waals surface area contributed by atoms with Crippen LogP contribution in [0.3, 0.4) is 0 Å². The first-order valence-corrected chi connectivity index (χ1v) is 7.12. The summed E-state index contributed by atoms with van der Waals surface area (Å²) in [5.41, 5.74) is 5.73. The van der Waals surface area contributed by atoms with Crippen LogP contribution in [0.1, 0.15) is 50.3 Å². The van der Waals surface area contributed by atoms with E-state index in [0.29, 0.717) is 0 Å². The Morgan fingerprint density at radius 1 is 1.17 bits per heavy atom. The van der Waals surface area contributed by atoms with Gasteiger partial charge in [-0.25, -0.2) is 0 Å². The Morgan fingerprint density at radius 3 is 2.56 bits per heavy atom. The van der Waals surface area contributed by atoms with Gasteiger partial charge in [-0.05, 0) is 55.7 Å². The Morgan fingerprint density at radius 2 is 1.94 bits per heavy atom. The molecule has 0 aliphatic rings. The van der Waals surface area contributed by atoms with Crippen LogP contribution in [0, 0.1) is 0 Å². The topological polar surface area (TPSA) is 0 Å². The van der Waals surface area contributed by atoms with Gasteiger partial charge in [-0.1, -0.05) is 56.4 Å². The van der Waals surface area contributed by atoms with Crippen molar-refractivity contribution in [1.82, 2.24) is 0 Å². The van der Waals surface area contributed by atoms with Gasteiger partial charge >= 0.3 is 0 Å². The van der Waals surface area contributed by atoms with E-state index in [4.69, 9.17) is 0 Å². The minimum absolute atomic E-state index is 1.10. The lowest BCUT2D eigenvalue weighted by atomic mass is 9.96. The Bertz CT molecular complexity index is 410. The van der Waals surface area contributed by atoms with E-state index in [0.717, 1.165) is 19.3 Å². The smallest absolute Gasteiger partial charge is 0.0273 e. The minimum Gasteiger partial charge on any atom is -0.0958 e. The van der Waals surface area contributed by atoms with Crippen LogP contribution in [0.25, 0.3) is 0 Å². The predicted octanol–water partition coefficient (Wildman–Crippen LogP) is 5.27. The number of rotatable bonds is 7. The summed E-state index contributed by atoms with van der Waals surface area (Å²) in [6, 6.07) is 6.96. The predicted molar refractivity (Wildman–Crippen MR) is 82.1 cm³/mol. The molecular weight excluding hydrogens is 216 g/mol. The highest BCUT2D eigenvalue weighted by Crippen LogP contribution is 2.17. The van der Waals surface area contributed by atoms with Crippen molar-refractivity contribution in [2.75, 3.05) is 0 Å². The maximum Gasteiger partial charge on any atom is -0.0273 e. The van der Waals surface area contributed by atoms with Crippen molar-refractivity contribution >= 4 is 0 Å². The number of hydrogen-bond donors (Lipinski definition) is 0. The summed E-state index contributed by atoms with van der Waals surface area (Å²) in [5.74, 6) is 0. The molecule has 98 valence electrons. The molecular formula is C18H26. The van der Waals surface area contributed by atoms with Crippen LogP contribution in [-0.2, 0) is 19.3 Å². The van der Waals surface area contributed by atoms with Gasteiger partial charge in [0, 0.05) is 0 Å². The number of aryl methyl sites for hydroxylation is 3. The van der Waals surface area contributed by atoms with Crippen LogP contribution in [0.2, 0.25) is 0 Å². The number of hydrogen-bond acceptors (Lipinski definition) is 0. The average molecular weight is 242 g/mol. The summed E-state index contributed by atoms with van der Waals surface area (Å²) in [6.45, 7) is 10.6. The summed E-state index contributed by atoms with van der Waals surface area (Å²) < 4.78 is 0. The Kier molecular flexibility index (Phi) is 6.49. The van der Waals surface area contributed by atoms with E-state index in [1.807, 2.05) is 6.92 Å². The molecule has 1 aromatic rings. The fourth-order valence-corrected chi connectivity index (χ4v) is 2.30. The SMILES string of the molecule is C=C(/C=C\C)CCCc1ccc(CC)cc1CC. The second-order valence-corrected chi connectivity index (χ2v) is 4.82. The maximum atomic E-state index is 4.06. The van der Waals surface area contributed by atoms with E-state index in [-0.39, 0.29) is 0 Å². The van der Waals surface area contributed by atoms with Crippen LogP contribution < -0.4 is 0 Å². The zero-order chi connectivity index (χ0) is 13.4. The van der Waals surface area contributed by atoms with Gasteiger partial charge in [0.15, 0.2) is 0 Å². The van der Waals surface area contributed by atoms with Crippen LogP contribution in [0.4, 0.5) is 0 Å². The zero-order valence-corrected chi connectivity index (χ0v) is 12.1. The van der Waals surface area contributed by atoms with E-state index in [2.05, 4.69) is 50.8 Å². The van der Waals surface area contributed by atoms with Crippen molar-refractivity contribution in [3.05, 3.63) is 59.2 Å². The van der Waals surface area contributed by atoms with Gasteiger partial charge in [0.25, 0.3) is 0 Å². The van der Waals surface area contributed by atoms with Crippen molar-refractivity contribution in [3.63, 3.8) is 0 Å². The lowest BCUT2D eigenvalue weighted by molar-refractivity contribution is 0.814. The fraction of sp³-hybridized carbons (Fsp3) is 0.444. The van der Waals surface area contributed by atoms with E-state index < -0.39 is 0 Å². The minimum atomic E-state index is 1.10. The molecule has 0 aliphatic heterocycles. The van der Waals surface area contributed by atoms with E-state index in [1.54, 1.807) is 0 Å². The molecule has 1 aromatic carbocycles. The van der Waals surface area contributed by atoms with Gasteiger partial charge in [0.2, 0.25) is 0 Å². The van der Waals surface area contributed by atoms with Gasteiger partial charge in [-0.2, -0.15) is 0 Å². The van der Waals surface area contributed by atoms with Gasteiger partial charge in [0.1, 0.15) is 0 Å². The Labute approximate surface area is 112 Å². The molecule has 0 saturated carbocycles. The summed E-state index contributed by atoms with van der Waals surface area (Å²) >= 11 is 0. The van der Waals surface area contributed by atoms with E-state index in [1.165, 1.54) is 35.1 Å². The van der Waals surface area contributed by atoms with Gasteiger partial charge < -0.3 is 0 Å². The fourth-order valence-electron chi connectivity index (χ4n) is 2.30. The summed E-state index contributed by atoms with van der Waals surface area (Å²) in [7, 11) is 0. The van der Waals surface area contributed by atoms with Crippen molar-refractivity contribution in [3.8, 4) is 0 Å². The molecule has 0 unspecified atom stereocenters. The van der Waals surface area contributed by atoms with E-state index >= 15 is 0 Å². The monoisotopic (exact) mass is 242 g/mol. The molecule has 0 spiro atoms. The second kappa shape index (κ2) is 7.92. The second-order valence-electron chi connectivity index (χ2n) is 4.82.